The molecule has 3 aromatic rings. The van der Waals surface area contributed by atoms with Crippen LogP contribution in [0.4, 0.5) is 0 Å². The van der Waals surface area contributed by atoms with Crippen LogP contribution in [-0.2, 0) is 22.6 Å². The van der Waals surface area contributed by atoms with Gasteiger partial charge in [-0.25, -0.2) is 0 Å². The third-order valence-corrected chi connectivity index (χ3v) is 6.65. The van der Waals surface area contributed by atoms with Crippen molar-refractivity contribution in [2.24, 2.45) is 0 Å². The maximum Gasteiger partial charge on any atom is 0.261 e. The summed E-state index contributed by atoms with van der Waals surface area (Å²) < 4.78 is 6.58. The summed E-state index contributed by atoms with van der Waals surface area (Å²) in [6.45, 7) is 2.58. The molecule has 3 rings (SSSR count). The van der Waals surface area contributed by atoms with E-state index in [1.54, 1.807) is 35.2 Å². The second-order valence-corrected chi connectivity index (χ2v) is 10.1. The van der Waals surface area contributed by atoms with Crippen molar-refractivity contribution in [3.8, 4) is 5.75 Å². The lowest BCUT2D eigenvalue weighted by molar-refractivity contribution is -0.142. The fourth-order valence-electron chi connectivity index (χ4n) is 3.66. The number of hydrogen-bond donors (Lipinski definition) is 1. The Balaban J connectivity index is 1.88. The van der Waals surface area contributed by atoms with E-state index in [4.69, 9.17) is 27.9 Å². The number of benzene rings is 3. The number of hydrogen-bond acceptors (Lipinski definition) is 3. The van der Waals surface area contributed by atoms with E-state index in [1.165, 1.54) is 0 Å². The van der Waals surface area contributed by atoms with Gasteiger partial charge in [0.25, 0.3) is 5.91 Å². The standard InChI is InChI=1S/C28H29BrCl2N2O3/c1-2-3-15-32-28(35)25(16-20-7-5-4-6-8-20)33(18-21-9-12-23(30)13-10-21)27(34)19-36-26-14-11-22(29)17-24(26)31/h4-14,17,25H,2-3,15-16,18-19H2,1H3,(H,32,35)/t25-/m1/s1. The van der Waals surface area contributed by atoms with Gasteiger partial charge >= 0.3 is 0 Å². The summed E-state index contributed by atoms with van der Waals surface area (Å²) in [6, 6.07) is 21.4. The van der Waals surface area contributed by atoms with Gasteiger partial charge in [0.05, 0.1) is 5.02 Å². The molecule has 3 aromatic carbocycles. The van der Waals surface area contributed by atoms with E-state index in [0.717, 1.165) is 28.4 Å². The SMILES string of the molecule is CCCCNC(=O)[C@@H](Cc1ccccc1)N(Cc1ccc(Cl)cc1)C(=O)COc1ccc(Br)cc1Cl. The van der Waals surface area contributed by atoms with Gasteiger partial charge in [0.2, 0.25) is 5.91 Å². The molecule has 0 heterocycles. The van der Waals surface area contributed by atoms with Crippen molar-refractivity contribution in [3.63, 3.8) is 0 Å². The third kappa shape index (κ3) is 8.54. The predicted molar refractivity (Wildman–Crippen MR) is 149 cm³/mol. The van der Waals surface area contributed by atoms with E-state index in [9.17, 15) is 9.59 Å². The maximum absolute atomic E-state index is 13.6. The Morgan fingerprint density at radius 2 is 1.72 bits per heavy atom. The minimum absolute atomic E-state index is 0.198. The van der Waals surface area contributed by atoms with Crippen molar-refractivity contribution in [2.75, 3.05) is 13.2 Å². The molecule has 0 aromatic heterocycles. The molecule has 36 heavy (non-hydrogen) atoms. The van der Waals surface area contributed by atoms with Crippen LogP contribution in [0, 0.1) is 0 Å². The molecular weight excluding hydrogens is 563 g/mol. The zero-order chi connectivity index (χ0) is 25.9. The molecule has 0 aliphatic heterocycles. The highest BCUT2D eigenvalue weighted by molar-refractivity contribution is 9.10. The smallest absolute Gasteiger partial charge is 0.261 e. The second kappa shape index (κ2) is 14.3. The Bertz CT molecular complexity index is 1140. The van der Waals surface area contributed by atoms with Crippen LogP contribution in [0.2, 0.25) is 10.0 Å². The molecule has 190 valence electrons. The van der Waals surface area contributed by atoms with Crippen molar-refractivity contribution < 1.29 is 14.3 Å². The molecule has 8 heteroatoms. The van der Waals surface area contributed by atoms with Crippen LogP contribution in [0.15, 0.2) is 77.3 Å². The van der Waals surface area contributed by atoms with Gasteiger partial charge in [-0.3, -0.25) is 9.59 Å². The average Bonchev–Trinajstić information content (AvgIpc) is 2.87. The van der Waals surface area contributed by atoms with Gasteiger partial charge in [-0.15, -0.1) is 0 Å². The topological polar surface area (TPSA) is 58.6 Å². The molecule has 0 spiro atoms. The number of ether oxygens (including phenoxy) is 1. The number of carbonyl (C=O) groups is 2. The third-order valence-electron chi connectivity index (χ3n) is 5.61. The average molecular weight is 592 g/mol. The summed E-state index contributed by atoms with van der Waals surface area (Å²) in [5, 5.41) is 3.99. The number of nitrogens with one attached hydrogen (secondary N) is 1. The monoisotopic (exact) mass is 590 g/mol. The minimum Gasteiger partial charge on any atom is -0.482 e. The van der Waals surface area contributed by atoms with E-state index in [1.807, 2.05) is 42.5 Å². The first kappa shape index (κ1) is 28.0. The van der Waals surface area contributed by atoms with Gasteiger partial charge in [-0.1, -0.05) is 94.9 Å². The van der Waals surface area contributed by atoms with Crippen molar-refractivity contribution in [1.29, 1.82) is 0 Å². The molecule has 5 nitrogen and oxygen atoms in total. The van der Waals surface area contributed by atoms with Gasteiger partial charge < -0.3 is 15.0 Å². The fourth-order valence-corrected chi connectivity index (χ4v) is 4.52. The quantitative estimate of drug-likeness (QED) is 0.239. The first-order valence-corrected chi connectivity index (χ1v) is 13.4. The van der Waals surface area contributed by atoms with E-state index < -0.39 is 6.04 Å². The van der Waals surface area contributed by atoms with Crippen LogP contribution in [0.3, 0.4) is 0 Å². The van der Waals surface area contributed by atoms with Crippen molar-refractivity contribution in [1.82, 2.24) is 10.2 Å². The Kier molecular flexibility index (Phi) is 11.1. The number of rotatable bonds is 12. The number of halogens is 3. The Morgan fingerprint density at radius 3 is 2.39 bits per heavy atom. The largest absolute Gasteiger partial charge is 0.482 e. The number of unbranched alkanes of at least 4 members (excludes halogenated alkanes) is 1. The maximum atomic E-state index is 13.6. The highest BCUT2D eigenvalue weighted by Crippen LogP contribution is 2.28. The molecule has 0 saturated heterocycles. The molecule has 0 fully saturated rings. The molecule has 0 bridgehead atoms. The number of amides is 2. The zero-order valence-electron chi connectivity index (χ0n) is 20.1. The van der Waals surface area contributed by atoms with Gasteiger partial charge in [0.15, 0.2) is 6.61 Å². The molecule has 2 amide bonds. The van der Waals surface area contributed by atoms with Crippen LogP contribution in [0.25, 0.3) is 0 Å². The Hall–Kier alpha value is -2.54. The van der Waals surface area contributed by atoms with Crippen LogP contribution >= 0.6 is 39.1 Å². The Morgan fingerprint density at radius 1 is 1.00 bits per heavy atom. The summed E-state index contributed by atoms with van der Waals surface area (Å²) in [4.78, 5) is 28.5. The minimum atomic E-state index is -0.726. The first-order chi connectivity index (χ1) is 17.4. The number of nitrogens with zero attached hydrogens (tertiary/aromatic N) is 1. The lowest BCUT2D eigenvalue weighted by Crippen LogP contribution is -2.51. The highest BCUT2D eigenvalue weighted by atomic mass is 79.9. The van der Waals surface area contributed by atoms with Gasteiger partial charge in [0, 0.05) is 29.0 Å². The number of carbonyl (C=O) groups excluding carboxylic acids is 2. The van der Waals surface area contributed by atoms with E-state index in [-0.39, 0.29) is 25.0 Å². The van der Waals surface area contributed by atoms with Crippen LogP contribution in [-0.4, -0.2) is 35.9 Å². The molecule has 0 radical (unpaired) electrons. The molecule has 0 unspecified atom stereocenters. The Labute approximate surface area is 230 Å². The summed E-state index contributed by atoms with van der Waals surface area (Å²) >= 11 is 15.7. The van der Waals surface area contributed by atoms with Crippen molar-refractivity contribution >= 4 is 50.9 Å². The van der Waals surface area contributed by atoms with E-state index in [2.05, 4.69) is 28.2 Å². The van der Waals surface area contributed by atoms with E-state index in [0.29, 0.717) is 28.8 Å². The summed E-state index contributed by atoms with van der Waals surface area (Å²) in [5.41, 5.74) is 1.81. The normalized spacial score (nSPS) is 11.6. The zero-order valence-corrected chi connectivity index (χ0v) is 23.2. The lowest BCUT2D eigenvalue weighted by Gasteiger charge is -2.31. The van der Waals surface area contributed by atoms with Crippen LogP contribution < -0.4 is 10.1 Å². The second-order valence-electron chi connectivity index (χ2n) is 8.36. The molecule has 0 aliphatic rings. The lowest BCUT2D eigenvalue weighted by atomic mass is 10.0. The summed E-state index contributed by atoms with van der Waals surface area (Å²) in [7, 11) is 0. The van der Waals surface area contributed by atoms with Gasteiger partial charge in [-0.05, 0) is 47.9 Å². The highest BCUT2D eigenvalue weighted by Gasteiger charge is 2.30. The fraction of sp³-hybridized carbons (Fsp3) is 0.286. The molecular formula is C28H29BrCl2N2O3. The molecule has 0 saturated carbocycles. The predicted octanol–water partition coefficient (Wildman–Crippen LogP) is 6.69. The van der Waals surface area contributed by atoms with E-state index >= 15 is 0 Å². The summed E-state index contributed by atoms with van der Waals surface area (Å²) in [5.74, 6) is -0.126. The summed E-state index contributed by atoms with van der Waals surface area (Å²) in [6.07, 6.45) is 2.19. The van der Waals surface area contributed by atoms with Gasteiger partial charge in [-0.2, -0.15) is 0 Å². The molecule has 1 N–H and O–H groups in total. The molecule has 1 atom stereocenters. The van der Waals surface area contributed by atoms with Crippen molar-refractivity contribution in [3.05, 3.63) is 98.4 Å². The molecule has 0 aliphatic carbocycles. The van der Waals surface area contributed by atoms with Crippen LogP contribution in [0.1, 0.15) is 30.9 Å². The first-order valence-electron chi connectivity index (χ1n) is 11.8. The van der Waals surface area contributed by atoms with Crippen LogP contribution in [0.5, 0.6) is 5.75 Å². The van der Waals surface area contributed by atoms with Crippen molar-refractivity contribution in [2.45, 2.75) is 38.8 Å². The van der Waals surface area contributed by atoms with Gasteiger partial charge in [0.1, 0.15) is 11.8 Å².